The SMILES string of the molecule is CCOC(=O)c1cnc(N(C)CC2CCNCC2)nc1C. The smallest absolute Gasteiger partial charge is 0.341 e. The maximum absolute atomic E-state index is 11.7. The highest BCUT2D eigenvalue weighted by Gasteiger charge is 2.18. The van der Waals surface area contributed by atoms with Crippen LogP contribution in [0.15, 0.2) is 6.20 Å². The first-order chi connectivity index (χ1) is 10.1. The minimum Gasteiger partial charge on any atom is -0.462 e. The molecule has 0 bridgehead atoms. The van der Waals surface area contributed by atoms with Crippen molar-refractivity contribution in [3.05, 3.63) is 17.5 Å². The second-order valence-electron chi connectivity index (χ2n) is 5.46. The van der Waals surface area contributed by atoms with Crippen LogP contribution in [0.2, 0.25) is 0 Å². The third kappa shape index (κ3) is 4.14. The summed E-state index contributed by atoms with van der Waals surface area (Å²) in [5.41, 5.74) is 1.10. The average molecular weight is 292 g/mol. The Balaban J connectivity index is 2.02. The number of carbonyl (C=O) groups is 1. The first kappa shape index (κ1) is 15.7. The van der Waals surface area contributed by atoms with Crippen LogP contribution in [0.4, 0.5) is 5.95 Å². The van der Waals surface area contributed by atoms with E-state index in [0.29, 0.717) is 29.7 Å². The minimum absolute atomic E-state index is 0.357. The van der Waals surface area contributed by atoms with Crippen molar-refractivity contribution >= 4 is 11.9 Å². The summed E-state index contributed by atoms with van der Waals surface area (Å²) in [7, 11) is 2.00. The number of esters is 1. The van der Waals surface area contributed by atoms with Gasteiger partial charge in [-0.3, -0.25) is 0 Å². The van der Waals surface area contributed by atoms with Crippen LogP contribution in [0.5, 0.6) is 0 Å². The summed E-state index contributed by atoms with van der Waals surface area (Å²) < 4.78 is 4.99. The molecule has 0 aliphatic carbocycles. The van der Waals surface area contributed by atoms with Crippen LogP contribution >= 0.6 is 0 Å². The van der Waals surface area contributed by atoms with E-state index in [9.17, 15) is 4.79 Å². The monoisotopic (exact) mass is 292 g/mol. The Bertz CT molecular complexity index is 487. The van der Waals surface area contributed by atoms with Crippen molar-refractivity contribution in [1.82, 2.24) is 15.3 Å². The van der Waals surface area contributed by atoms with E-state index in [1.54, 1.807) is 13.1 Å². The Kier molecular flexibility index (Phi) is 5.50. The highest BCUT2D eigenvalue weighted by Crippen LogP contribution is 2.17. The van der Waals surface area contributed by atoms with Crippen LogP contribution < -0.4 is 10.2 Å². The van der Waals surface area contributed by atoms with Gasteiger partial charge < -0.3 is 15.0 Å². The molecular formula is C15H24N4O2. The molecule has 0 amide bonds. The molecule has 6 heteroatoms. The van der Waals surface area contributed by atoms with Gasteiger partial charge in [0.05, 0.1) is 17.9 Å². The molecule has 1 aliphatic rings. The van der Waals surface area contributed by atoms with Crippen molar-refractivity contribution in [3.8, 4) is 0 Å². The first-order valence-corrected chi connectivity index (χ1v) is 7.54. The van der Waals surface area contributed by atoms with Crippen molar-refractivity contribution < 1.29 is 9.53 Å². The topological polar surface area (TPSA) is 67.3 Å². The fourth-order valence-electron chi connectivity index (χ4n) is 2.58. The quantitative estimate of drug-likeness (QED) is 0.827. The molecule has 1 aliphatic heterocycles. The van der Waals surface area contributed by atoms with E-state index in [-0.39, 0.29) is 5.97 Å². The Morgan fingerprint density at radius 2 is 2.19 bits per heavy atom. The fourth-order valence-corrected chi connectivity index (χ4v) is 2.58. The number of aromatic nitrogens is 2. The molecule has 6 nitrogen and oxygen atoms in total. The fraction of sp³-hybridized carbons (Fsp3) is 0.667. The van der Waals surface area contributed by atoms with Gasteiger partial charge in [-0.1, -0.05) is 0 Å². The maximum atomic E-state index is 11.7. The highest BCUT2D eigenvalue weighted by atomic mass is 16.5. The Hall–Kier alpha value is -1.69. The summed E-state index contributed by atoms with van der Waals surface area (Å²) in [6.45, 7) is 7.07. The van der Waals surface area contributed by atoms with Crippen molar-refractivity contribution in [1.29, 1.82) is 0 Å². The van der Waals surface area contributed by atoms with Gasteiger partial charge in [0.1, 0.15) is 0 Å². The molecule has 0 radical (unpaired) electrons. The molecule has 1 aromatic rings. The van der Waals surface area contributed by atoms with E-state index in [1.807, 2.05) is 14.0 Å². The number of anilines is 1. The van der Waals surface area contributed by atoms with Crippen LogP contribution in [-0.2, 0) is 4.74 Å². The van der Waals surface area contributed by atoms with Gasteiger partial charge in [0.2, 0.25) is 5.95 Å². The molecule has 0 atom stereocenters. The molecule has 2 rings (SSSR count). The van der Waals surface area contributed by atoms with Crippen molar-refractivity contribution in [3.63, 3.8) is 0 Å². The lowest BCUT2D eigenvalue weighted by Crippen LogP contribution is -2.35. The summed E-state index contributed by atoms with van der Waals surface area (Å²) in [5.74, 6) is 0.978. The number of aryl methyl sites for hydroxylation is 1. The van der Waals surface area contributed by atoms with Crippen molar-refractivity contribution in [2.75, 3.05) is 38.2 Å². The van der Waals surface area contributed by atoms with E-state index in [4.69, 9.17) is 4.74 Å². The Morgan fingerprint density at radius 1 is 1.48 bits per heavy atom. The second kappa shape index (κ2) is 7.36. The van der Waals surface area contributed by atoms with Gasteiger partial charge in [0.15, 0.2) is 0 Å². The number of ether oxygens (including phenoxy) is 1. The van der Waals surface area contributed by atoms with E-state index >= 15 is 0 Å². The largest absolute Gasteiger partial charge is 0.462 e. The van der Waals surface area contributed by atoms with Crippen LogP contribution in [0.3, 0.4) is 0 Å². The van der Waals surface area contributed by atoms with E-state index in [0.717, 1.165) is 19.6 Å². The number of rotatable bonds is 5. The van der Waals surface area contributed by atoms with Gasteiger partial charge in [0, 0.05) is 19.8 Å². The number of nitrogens with one attached hydrogen (secondary N) is 1. The zero-order valence-corrected chi connectivity index (χ0v) is 13.1. The summed E-state index contributed by atoms with van der Waals surface area (Å²) in [6.07, 6.45) is 3.93. The van der Waals surface area contributed by atoms with Crippen LogP contribution in [0.25, 0.3) is 0 Å². The molecule has 0 aromatic carbocycles. The van der Waals surface area contributed by atoms with Crippen molar-refractivity contribution in [2.24, 2.45) is 5.92 Å². The van der Waals surface area contributed by atoms with E-state index < -0.39 is 0 Å². The third-order valence-electron chi connectivity index (χ3n) is 3.79. The number of piperidine rings is 1. The molecule has 21 heavy (non-hydrogen) atoms. The van der Waals surface area contributed by atoms with Gasteiger partial charge in [-0.25, -0.2) is 14.8 Å². The molecule has 1 aromatic heterocycles. The van der Waals surface area contributed by atoms with Crippen LogP contribution in [0.1, 0.15) is 35.8 Å². The van der Waals surface area contributed by atoms with Crippen LogP contribution in [0, 0.1) is 12.8 Å². The van der Waals surface area contributed by atoms with Gasteiger partial charge in [-0.05, 0) is 45.7 Å². The minimum atomic E-state index is -0.359. The zero-order chi connectivity index (χ0) is 15.2. The normalized spacial score (nSPS) is 15.8. The highest BCUT2D eigenvalue weighted by molar-refractivity contribution is 5.90. The summed E-state index contributed by atoms with van der Waals surface area (Å²) in [4.78, 5) is 22.6. The maximum Gasteiger partial charge on any atom is 0.341 e. The lowest BCUT2D eigenvalue weighted by atomic mass is 9.98. The predicted molar refractivity (Wildman–Crippen MR) is 81.6 cm³/mol. The zero-order valence-electron chi connectivity index (χ0n) is 13.1. The molecule has 116 valence electrons. The van der Waals surface area contributed by atoms with Gasteiger partial charge in [0.25, 0.3) is 0 Å². The molecular weight excluding hydrogens is 268 g/mol. The van der Waals surface area contributed by atoms with Crippen molar-refractivity contribution in [2.45, 2.75) is 26.7 Å². The summed E-state index contributed by atoms with van der Waals surface area (Å²) in [6, 6.07) is 0. The lowest BCUT2D eigenvalue weighted by Gasteiger charge is -2.27. The standard InChI is InChI=1S/C15H24N4O2/c1-4-21-14(20)13-9-17-15(18-11(13)2)19(3)10-12-5-7-16-8-6-12/h9,12,16H,4-8,10H2,1-3H3. The third-order valence-corrected chi connectivity index (χ3v) is 3.79. The van der Waals surface area contributed by atoms with Crippen LogP contribution in [-0.4, -0.2) is 49.2 Å². The first-order valence-electron chi connectivity index (χ1n) is 7.54. The average Bonchev–Trinajstić information content (AvgIpc) is 2.48. The molecule has 0 unspecified atom stereocenters. The Morgan fingerprint density at radius 3 is 2.81 bits per heavy atom. The molecule has 2 heterocycles. The molecule has 1 N–H and O–H groups in total. The van der Waals surface area contributed by atoms with Gasteiger partial charge in [-0.2, -0.15) is 0 Å². The molecule has 0 spiro atoms. The Labute approximate surface area is 125 Å². The lowest BCUT2D eigenvalue weighted by molar-refractivity contribution is 0.0524. The molecule has 0 saturated carbocycles. The number of hydrogen-bond acceptors (Lipinski definition) is 6. The second-order valence-corrected chi connectivity index (χ2v) is 5.46. The number of nitrogens with zero attached hydrogens (tertiary/aromatic N) is 3. The van der Waals surface area contributed by atoms with Gasteiger partial charge >= 0.3 is 5.97 Å². The number of hydrogen-bond donors (Lipinski definition) is 1. The summed E-state index contributed by atoms with van der Waals surface area (Å²) in [5, 5.41) is 3.37. The van der Waals surface area contributed by atoms with E-state index in [2.05, 4.69) is 20.2 Å². The summed E-state index contributed by atoms with van der Waals surface area (Å²) >= 11 is 0. The number of carbonyl (C=O) groups excluding carboxylic acids is 1. The predicted octanol–water partition coefficient (Wildman–Crippen LogP) is 1.40. The van der Waals surface area contributed by atoms with E-state index in [1.165, 1.54) is 12.8 Å². The molecule has 1 saturated heterocycles. The van der Waals surface area contributed by atoms with Gasteiger partial charge in [-0.15, -0.1) is 0 Å². The molecule has 1 fully saturated rings.